The van der Waals surface area contributed by atoms with Crippen molar-refractivity contribution in [1.82, 2.24) is 4.90 Å². The van der Waals surface area contributed by atoms with Gasteiger partial charge in [0.1, 0.15) is 0 Å². The smallest absolute Gasteiger partial charge is 0.219 e. The Kier molecular flexibility index (Phi) is 4.37. The molecule has 1 aromatic carbocycles. The molecule has 0 radical (unpaired) electrons. The molecule has 1 amide bonds. The summed E-state index contributed by atoms with van der Waals surface area (Å²) in [6.45, 7) is 2.70. The number of piperidine rings is 1. The molecule has 1 aliphatic rings. The van der Waals surface area contributed by atoms with Gasteiger partial charge in [-0.2, -0.15) is 0 Å². The average molecular weight is 279 g/mol. The molecule has 0 bridgehead atoms. The lowest BCUT2D eigenvalue weighted by Crippen LogP contribution is -2.39. The van der Waals surface area contributed by atoms with E-state index in [1.807, 2.05) is 0 Å². The fraction of sp³-hybridized carbons (Fsp3) is 0.467. The van der Waals surface area contributed by atoms with Crippen LogP contribution in [0.4, 0.5) is 4.39 Å². The third kappa shape index (κ3) is 2.98. The van der Waals surface area contributed by atoms with Gasteiger partial charge < -0.3 is 9.64 Å². The Morgan fingerprint density at radius 1 is 1.30 bits per heavy atom. The van der Waals surface area contributed by atoms with E-state index in [0.717, 1.165) is 0 Å². The highest BCUT2D eigenvalue weighted by atomic mass is 19.1. The van der Waals surface area contributed by atoms with E-state index in [9.17, 15) is 14.0 Å². The first-order valence-electron chi connectivity index (χ1n) is 6.66. The van der Waals surface area contributed by atoms with Gasteiger partial charge in [0.2, 0.25) is 5.91 Å². The lowest BCUT2D eigenvalue weighted by molar-refractivity contribution is -0.130. The zero-order valence-corrected chi connectivity index (χ0v) is 11.7. The van der Waals surface area contributed by atoms with Gasteiger partial charge in [-0.15, -0.1) is 0 Å². The lowest BCUT2D eigenvalue weighted by Gasteiger charge is -2.30. The van der Waals surface area contributed by atoms with Crippen molar-refractivity contribution in [2.75, 3.05) is 20.2 Å². The number of Topliss-reactive ketones (excluding diaryl/α,β-unsaturated/α-hetero) is 1. The highest BCUT2D eigenvalue weighted by molar-refractivity contribution is 5.98. The van der Waals surface area contributed by atoms with E-state index in [-0.39, 0.29) is 23.4 Å². The molecular weight excluding hydrogens is 261 g/mol. The second-order valence-electron chi connectivity index (χ2n) is 4.99. The molecule has 1 aliphatic heterocycles. The standard InChI is InChI=1S/C15H18FNO3/c1-10(18)17-7-5-11(6-8-17)15(19)12-3-4-14(20-2)13(16)9-12/h3-4,9,11H,5-8H2,1-2H3. The Balaban J connectivity index is 2.05. The number of halogens is 1. The molecule has 1 heterocycles. The number of carbonyl (C=O) groups excluding carboxylic acids is 2. The molecule has 0 spiro atoms. The van der Waals surface area contributed by atoms with Crippen LogP contribution in [0.3, 0.4) is 0 Å². The van der Waals surface area contributed by atoms with Gasteiger partial charge >= 0.3 is 0 Å². The topological polar surface area (TPSA) is 46.6 Å². The molecule has 5 heteroatoms. The molecule has 0 aliphatic carbocycles. The van der Waals surface area contributed by atoms with Gasteiger partial charge in [0.25, 0.3) is 0 Å². The minimum absolute atomic E-state index is 0.0337. The number of ether oxygens (including phenoxy) is 1. The monoisotopic (exact) mass is 279 g/mol. The molecule has 4 nitrogen and oxygen atoms in total. The minimum Gasteiger partial charge on any atom is -0.494 e. The average Bonchev–Trinajstić information content (AvgIpc) is 2.46. The number of likely N-dealkylation sites (tertiary alicyclic amines) is 1. The van der Waals surface area contributed by atoms with Crippen molar-refractivity contribution < 1.29 is 18.7 Å². The molecule has 0 saturated carbocycles. The van der Waals surface area contributed by atoms with Crippen LogP contribution >= 0.6 is 0 Å². The van der Waals surface area contributed by atoms with E-state index in [1.165, 1.54) is 26.2 Å². The van der Waals surface area contributed by atoms with Crippen molar-refractivity contribution in [2.24, 2.45) is 5.92 Å². The van der Waals surface area contributed by atoms with E-state index >= 15 is 0 Å². The van der Waals surface area contributed by atoms with Crippen LogP contribution in [0.5, 0.6) is 5.75 Å². The van der Waals surface area contributed by atoms with Crippen LogP contribution in [0, 0.1) is 11.7 Å². The van der Waals surface area contributed by atoms with E-state index in [2.05, 4.69) is 0 Å². The van der Waals surface area contributed by atoms with Crippen molar-refractivity contribution in [3.63, 3.8) is 0 Å². The first-order valence-corrected chi connectivity index (χ1v) is 6.66. The summed E-state index contributed by atoms with van der Waals surface area (Å²) in [5.74, 6) is -0.563. The molecule has 0 atom stereocenters. The number of carbonyl (C=O) groups is 2. The van der Waals surface area contributed by atoms with Crippen molar-refractivity contribution in [1.29, 1.82) is 0 Å². The molecule has 2 rings (SSSR count). The Labute approximate surface area is 117 Å². The first kappa shape index (κ1) is 14.5. The Bertz CT molecular complexity index is 522. The lowest BCUT2D eigenvalue weighted by atomic mass is 9.89. The second-order valence-corrected chi connectivity index (χ2v) is 4.99. The maximum Gasteiger partial charge on any atom is 0.219 e. The largest absolute Gasteiger partial charge is 0.494 e. The molecular formula is C15H18FNO3. The van der Waals surface area contributed by atoms with Crippen molar-refractivity contribution in [2.45, 2.75) is 19.8 Å². The Hall–Kier alpha value is -1.91. The van der Waals surface area contributed by atoms with Crippen LogP contribution in [0.15, 0.2) is 18.2 Å². The van der Waals surface area contributed by atoms with E-state index in [0.29, 0.717) is 31.5 Å². The summed E-state index contributed by atoms with van der Waals surface area (Å²) >= 11 is 0. The third-order valence-electron chi connectivity index (χ3n) is 3.75. The summed E-state index contributed by atoms with van der Waals surface area (Å²) in [7, 11) is 1.39. The Morgan fingerprint density at radius 2 is 1.95 bits per heavy atom. The number of hydrogen-bond donors (Lipinski definition) is 0. The summed E-state index contributed by atoms with van der Waals surface area (Å²) in [4.78, 5) is 25.3. The van der Waals surface area contributed by atoms with Crippen LogP contribution in [0.25, 0.3) is 0 Å². The number of methoxy groups -OCH3 is 1. The third-order valence-corrected chi connectivity index (χ3v) is 3.75. The van der Waals surface area contributed by atoms with Crippen LogP contribution < -0.4 is 4.74 Å². The van der Waals surface area contributed by atoms with Crippen molar-refractivity contribution in [3.05, 3.63) is 29.6 Å². The number of amides is 1. The zero-order chi connectivity index (χ0) is 14.7. The van der Waals surface area contributed by atoms with E-state index < -0.39 is 5.82 Å². The molecule has 108 valence electrons. The van der Waals surface area contributed by atoms with Gasteiger partial charge in [0.05, 0.1) is 7.11 Å². The molecule has 1 aromatic rings. The summed E-state index contributed by atoms with van der Waals surface area (Å²) in [5, 5.41) is 0. The van der Waals surface area contributed by atoms with Crippen molar-refractivity contribution in [3.8, 4) is 5.75 Å². The highest BCUT2D eigenvalue weighted by Crippen LogP contribution is 2.24. The summed E-state index contributed by atoms with van der Waals surface area (Å²) in [6, 6.07) is 4.27. The van der Waals surface area contributed by atoms with Gasteiger partial charge in [-0.1, -0.05) is 0 Å². The predicted molar refractivity (Wildman–Crippen MR) is 72.3 cm³/mol. The summed E-state index contributed by atoms with van der Waals surface area (Å²) in [5.41, 5.74) is 0.365. The van der Waals surface area contributed by atoms with E-state index in [4.69, 9.17) is 4.74 Å². The number of hydrogen-bond acceptors (Lipinski definition) is 3. The number of nitrogens with zero attached hydrogens (tertiary/aromatic N) is 1. The molecule has 0 N–H and O–H groups in total. The van der Waals surface area contributed by atoms with Gasteiger partial charge in [-0.05, 0) is 31.0 Å². The Morgan fingerprint density at radius 3 is 2.45 bits per heavy atom. The fourth-order valence-electron chi connectivity index (χ4n) is 2.51. The van der Waals surface area contributed by atoms with Gasteiger partial charge in [-0.3, -0.25) is 9.59 Å². The van der Waals surface area contributed by atoms with Gasteiger partial charge in [-0.25, -0.2) is 4.39 Å². The molecule has 1 saturated heterocycles. The molecule has 0 unspecified atom stereocenters. The highest BCUT2D eigenvalue weighted by Gasteiger charge is 2.27. The van der Waals surface area contributed by atoms with Crippen LogP contribution in [-0.4, -0.2) is 36.8 Å². The van der Waals surface area contributed by atoms with E-state index in [1.54, 1.807) is 11.0 Å². The van der Waals surface area contributed by atoms with Crippen LogP contribution in [0.1, 0.15) is 30.1 Å². The molecule has 20 heavy (non-hydrogen) atoms. The molecule has 0 aromatic heterocycles. The van der Waals surface area contributed by atoms with Crippen LogP contribution in [-0.2, 0) is 4.79 Å². The van der Waals surface area contributed by atoms with Crippen molar-refractivity contribution >= 4 is 11.7 Å². The SMILES string of the molecule is COc1ccc(C(=O)C2CCN(C(C)=O)CC2)cc1F. The predicted octanol–water partition coefficient (Wildman–Crippen LogP) is 2.28. The maximum absolute atomic E-state index is 13.6. The minimum atomic E-state index is -0.528. The number of benzene rings is 1. The maximum atomic E-state index is 13.6. The number of ketones is 1. The van der Waals surface area contributed by atoms with Gasteiger partial charge in [0.15, 0.2) is 17.3 Å². The zero-order valence-electron chi connectivity index (χ0n) is 11.7. The fourth-order valence-corrected chi connectivity index (χ4v) is 2.51. The van der Waals surface area contributed by atoms with Crippen LogP contribution in [0.2, 0.25) is 0 Å². The second kappa shape index (κ2) is 6.03. The summed E-state index contributed by atoms with van der Waals surface area (Å²) < 4.78 is 18.5. The first-order chi connectivity index (χ1) is 9.52. The molecule has 1 fully saturated rings. The quantitative estimate of drug-likeness (QED) is 0.797. The summed E-state index contributed by atoms with van der Waals surface area (Å²) in [6.07, 6.45) is 1.26. The normalized spacial score (nSPS) is 16.1. The van der Waals surface area contributed by atoms with Gasteiger partial charge in [0, 0.05) is 31.5 Å². The number of rotatable bonds is 3.